The van der Waals surface area contributed by atoms with Gasteiger partial charge in [0.1, 0.15) is 30.3 Å². The summed E-state index contributed by atoms with van der Waals surface area (Å²) in [5.41, 5.74) is 1.17. The fraction of sp³-hybridized carbons (Fsp3) is 0.458. The van der Waals surface area contributed by atoms with Crippen LogP contribution >= 0.6 is 0 Å². The molecular weight excluding hydrogens is 518 g/mol. The van der Waals surface area contributed by atoms with Crippen LogP contribution in [0.2, 0.25) is 0 Å². The summed E-state index contributed by atoms with van der Waals surface area (Å²) >= 11 is 0. The Morgan fingerprint density at radius 3 is 2.26 bits per heavy atom. The fourth-order valence-corrected chi connectivity index (χ4v) is 5.27. The molecule has 0 fully saturated rings. The Bertz CT molecular complexity index is 1480. The molecule has 0 aliphatic rings. The maximum atomic E-state index is 13.6. The fourth-order valence-electron chi connectivity index (χ4n) is 3.83. The van der Waals surface area contributed by atoms with E-state index in [1.165, 1.54) is 36.7 Å². The number of hydrogen-bond acceptors (Lipinski definition) is 10. The zero-order chi connectivity index (χ0) is 28.0. The Hall–Kier alpha value is -3.78. The summed E-state index contributed by atoms with van der Waals surface area (Å²) < 4.78 is 45.3. The number of rotatable bonds is 12. The van der Waals surface area contributed by atoms with Crippen molar-refractivity contribution in [2.24, 2.45) is 7.05 Å². The van der Waals surface area contributed by atoms with Crippen molar-refractivity contribution < 1.29 is 32.2 Å². The second kappa shape index (κ2) is 12.2. The maximum absolute atomic E-state index is 13.6. The SMILES string of the molecule is CCOc1ccc(S(=O)(=O)N(CCOC(C)=O)CCOC(C)=O)cc1-c1nc2c(CC)nn(C)c2c(=O)[nH]1. The first-order valence-electron chi connectivity index (χ1n) is 12.0. The summed E-state index contributed by atoms with van der Waals surface area (Å²) in [5.74, 6) is -0.671. The van der Waals surface area contributed by atoms with Crippen LogP contribution in [0.5, 0.6) is 5.75 Å². The van der Waals surface area contributed by atoms with Gasteiger partial charge in [-0.1, -0.05) is 6.92 Å². The molecule has 2 heterocycles. The van der Waals surface area contributed by atoms with E-state index in [-0.39, 0.29) is 49.2 Å². The van der Waals surface area contributed by atoms with E-state index in [1.54, 1.807) is 14.0 Å². The number of aromatic amines is 1. The van der Waals surface area contributed by atoms with Gasteiger partial charge in [-0.05, 0) is 31.5 Å². The monoisotopic (exact) mass is 549 g/mol. The van der Waals surface area contributed by atoms with Crippen LogP contribution in [0.1, 0.15) is 33.4 Å². The first kappa shape index (κ1) is 28.8. The van der Waals surface area contributed by atoms with Gasteiger partial charge in [-0.25, -0.2) is 13.4 Å². The second-order valence-electron chi connectivity index (χ2n) is 8.21. The van der Waals surface area contributed by atoms with Gasteiger partial charge in [0.05, 0.1) is 22.8 Å². The van der Waals surface area contributed by atoms with E-state index in [4.69, 9.17) is 14.2 Å². The van der Waals surface area contributed by atoms with Crippen LogP contribution < -0.4 is 10.3 Å². The molecule has 2 aromatic heterocycles. The standard InChI is InChI=1S/C24H31N5O8S/c1-6-19-21-22(28(5)27-19)24(32)26-23(25-21)18-14-17(8-9-20(18)35-7-2)38(33,34)29(10-12-36-15(3)30)11-13-37-16(4)31/h8-9,14H,6-7,10-13H2,1-5H3,(H,25,26,32). The third kappa shape index (κ3) is 6.37. The van der Waals surface area contributed by atoms with Crippen LogP contribution in [0.4, 0.5) is 0 Å². The van der Waals surface area contributed by atoms with Crippen LogP contribution in [0.3, 0.4) is 0 Å². The Labute approximate surface area is 219 Å². The van der Waals surface area contributed by atoms with E-state index in [9.17, 15) is 22.8 Å². The average Bonchev–Trinajstić information content (AvgIpc) is 3.18. The number of aromatic nitrogens is 4. The topological polar surface area (TPSA) is 163 Å². The molecule has 0 saturated heterocycles. The molecule has 13 nitrogen and oxygen atoms in total. The number of benzene rings is 1. The molecule has 1 N–H and O–H groups in total. The van der Waals surface area contributed by atoms with Gasteiger partial charge in [-0.3, -0.25) is 19.1 Å². The Morgan fingerprint density at radius 2 is 1.71 bits per heavy atom. The van der Waals surface area contributed by atoms with Crippen molar-refractivity contribution >= 4 is 33.0 Å². The first-order chi connectivity index (χ1) is 18.0. The zero-order valence-corrected chi connectivity index (χ0v) is 22.8. The second-order valence-corrected chi connectivity index (χ2v) is 10.1. The Morgan fingerprint density at radius 1 is 1.08 bits per heavy atom. The number of ether oxygens (including phenoxy) is 3. The Balaban J connectivity index is 2.10. The van der Waals surface area contributed by atoms with Gasteiger partial charge in [0.25, 0.3) is 5.56 Å². The van der Waals surface area contributed by atoms with Crippen molar-refractivity contribution in [2.45, 2.75) is 39.0 Å². The molecule has 0 radical (unpaired) electrons. The van der Waals surface area contributed by atoms with Crippen LogP contribution in [0, 0.1) is 0 Å². The lowest BCUT2D eigenvalue weighted by molar-refractivity contribution is -0.141. The molecule has 0 unspecified atom stereocenters. The molecule has 0 amide bonds. The van der Waals surface area contributed by atoms with Crippen molar-refractivity contribution in [3.05, 3.63) is 34.2 Å². The molecule has 1 aromatic carbocycles. The molecule has 0 saturated carbocycles. The van der Waals surface area contributed by atoms with E-state index >= 15 is 0 Å². The van der Waals surface area contributed by atoms with E-state index < -0.39 is 27.5 Å². The minimum absolute atomic E-state index is 0.119. The zero-order valence-electron chi connectivity index (χ0n) is 21.9. The number of nitrogens with zero attached hydrogens (tertiary/aromatic N) is 4. The lowest BCUT2D eigenvalue weighted by atomic mass is 10.1. The van der Waals surface area contributed by atoms with E-state index in [2.05, 4.69) is 15.1 Å². The molecule has 0 atom stereocenters. The highest BCUT2D eigenvalue weighted by Gasteiger charge is 2.27. The number of carbonyl (C=O) groups excluding carboxylic acids is 2. The van der Waals surface area contributed by atoms with Crippen molar-refractivity contribution in [1.82, 2.24) is 24.1 Å². The number of aryl methyl sites for hydroxylation is 2. The highest BCUT2D eigenvalue weighted by molar-refractivity contribution is 7.89. The smallest absolute Gasteiger partial charge is 0.302 e. The van der Waals surface area contributed by atoms with E-state index in [0.29, 0.717) is 28.9 Å². The van der Waals surface area contributed by atoms with Crippen LogP contribution in [-0.2, 0) is 42.6 Å². The highest BCUT2D eigenvalue weighted by atomic mass is 32.2. The maximum Gasteiger partial charge on any atom is 0.302 e. The van der Waals surface area contributed by atoms with Crippen LogP contribution in [0.15, 0.2) is 27.9 Å². The molecule has 3 rings (SSSR count). The lowest BCUT2D eigenvalue weighted by Crippen LogP contribution is -2.37. The summed E-state index contributed by atoms with van der Waals surface area (Å²) in [4.78, 5) is 42.5. The molecule has 14 heteroatoms. The van der Waals surface area contributed by atoms with Gasteiger partial charge in [-0.2, -0.15) is 9.40 Å². The molecule has 0 spiro atoms. The largest absolute Gasteiger partial charge is 0.493 e. The summed E-state index contributed by atoms with van der Waals surface area (Å²) in [7, 11) is -2.51. The van der Waals surface area contributed by atoms with Crippen molar-refractivity contribution in [1.29, 1.82) is 0 Å². The molecule has 3 aromatic rings. The van der Waals surface area contributed by atoms with Crippen LogP contribution in [-0.4, -0.2) is 77.3 Å². The summed E-state index contributed by atoms with van der Waals surface area (Å²) in [5, 5.41) is 4.35. The van der Waals surface area contributed by atoms with Gasteiger partial charge in [0.2, 0.25) is 10.0 Å². The number of carbonyl (C=O) groups is 2. The number of nitrogens with one attached hydrogen (secondary N) is 1. The third-order valence-electron chi connectivity index (χ3n) is 5.53. The van der Waals surface area contributed by atoms with Gasteiger partial charge in [0.15, 0.2) is 5.52 Å². The lowest BCUT2D eigenvalue weighted by Gasteiger charge is -2.22. The predicted octanol–water partition coefficient (Wildman–Crippen LogP) is 1.40. The molecular formula is C24H31N5O8S. The number of fused-ring (bicyclic) bond motifs is 1. The number of sulfonamides is 1. The average molecular weight is 550 g/mol. The highest BCUT2D eigenvalue weighted by Crippen LogP contribution is 2.32. The summed E-state index contributed by atoms with van der Waals surface area (Å²) in [6.07, 6.45) is 0.541. The van der Waals surface area contributed by atoms with Gasteiger partial charge in [-0.15, -0.1) is 0 Å². The van der Waals surface area contributed by atoms with Crippen LogP contribution in [0.25, 0.3) is 22.4 Å². The normalized spacial score (nSPS) is 11.6. The third-order valence-corrected chi connectivity index (χ3v) is 7.43. The number of esters is 2. The van der Waals surface area contributed by atoms with E-state index in [0.717, 1.165) is 4.31 Å². The molecule has 0 aliphatic heterocycles. The van der Waals surface area contributed by atoms with Crippen molar-refractivity contribution in [2.75, 3.05) is 32.9 Å². The summed E-state index contributed by atoms with van der Waals surface area (Å²) in [6, 6.07) is 4.21. The molecule has 38 heavy (non-hydrogen) atoms. The van der Waals surface area contributed by atoms with Crippen molar-refractivity contribution in [3.63, 3.8) is 0 Å². The van der Waals surface area contributed by atoms with Gasteiger partial charge >= 0.3 is 11.9 Å². The number of hydrogen-bond donors (Lipinski definition) is 1. The summed E-state index contributed by atoms with van der Waals surface area (Å²) in [6.45, 7) is 5.68. The molecule has 206 valence electrons. The first-order valence-corrected chi connectivity index (χ1v) is 13.4. The minimum atomic E-state index is -4.16. The van der Waals surface area contributed by atoms with E-state index in [1.807, 2.05) is 6.92 Å². The Kier molecular flexibility index (Phi) is 9.22. The molecule has 0 bridgehead atoms. The molecule has 0 aliphatic carbocycles. The predicted molar refractivity (Wildman–Crippen MR) is 137 cm³/mol. The minimum Gasteiger partial charge on any atom is -0.493 e. The number of H-pyrrole nitrogens is 1. The van der Waals surface area contributed by atoms with Gasteiger partial charge < -0.3 is 19.2 Å². The quantitative estimate of drug-likeness (QED) is 0.327. The van der Waals surface area contributed by atoms with Gasteiger partial charge in [0, 0.05) is 34.0 Å². The van der Waals surface area contributed by atoms with Crippen molar-refractivity contribution in [3.8, 4) is 17.1 Å².